The van der Waals surface area contributed by atoms with E-state index < -0.39 is 0 Å². The van der Waals surface area contributed by atoms with Crippen LogP contribution in [-0.4, -0.2) is 67.7 Å². The van der Waals surface area contributed by atoms with E-state index in [4.69, 9.17) is 9.73 Å². The number of nitrogens with zero attached hydrogens (tertiary/aromatic N) is 3. The minimum atomic E-state index is 0.636. The van der Waals surface area contributed by atoms with Crippen LogP contribution in [0.5, 0.6) is 0 Å². The Morgan fingerprint density at radius 2 is 1.96 bits per heavy atom. The van der Waals surface area contributed by atoms with Gasteiger partial charge in [-0.25, -0.2) is 4.99 Å². The summed E-state index contributed by atoms with van der Waals surface area (Å²) in [6, 6.07) is 9.29. The third-order valence-corrected chi connectivity index (χ3v) is 4.89. The number of hydrogen-bond donors (Lipinski definition) is 1. The van der Waals surface area contributed by atoms with Crippen molar-refractivity contribution in [2.75, 3.05) is 45.9 Å². The number of ether oxygens (including phenoxy) is 1. The molecule has 0 aromatic heterocycles. The normalized spacial score (nSPS) is 22.8. The van der Waals surface area contributed by atoms with Gasteiger partial charge in [-0.05, 0) is 25.8 Å². The molecule has 5 heteroatoms. The zero-order valence-electron chi connectivity index (χ0n) is 15.0. The number of hydrogen-bond acceptors (Lipinski definition) is 3. The third kappa shape index (κ3) is 4.48. The summed E-state index contributed by atoms with van der Waals surface area (Å²) < 4.78 is 5.48. The quantitative estimate of drug-likeness (QED) is 0.676. The topological polar surface area (TPSA) is 40.1 Å². The molecule has 5 nitrogen and oxygen atoms in total. The van der Waals surface area contributed by atoms with Crippen LogP contribution in [0.25, 0.3) is 0 Å². The third-order valence-electron chi connectivity index (χ3n) is 4.89. The number of guanidine groups is 1. The number of rotatable bonds is 4. The van der Waals surface area contributed by atoms with Crippen LogP contribution in [0.2, 0.25) is 0 Å². The Morgan fingerprint density at radius 3 is 2.67 bits per heavy atom. The van der Waals surface area contributed by atoms with Crippen molar-refractivity contribution in [2.24, 2.45) is 4.99 Å². The zero-order valence-corrected chi connectivity index (χ0v) is 15.0. The van der Waals surface area contributed by atoms with Gasteiger partial charge in [0.1, 0.15) is 0 Å². The molecule has 0 aliphatic carbocycles. The number of aryl methyl sites for hydroxylation is 1. The van der Waals surface area contributed by atoms with Crippen LogP contribution in [0.3, 0.4) is 0 Å². The van der Waals surface area contributed by atoms with Crippen molar-refractivity contribution >= 4 is 5.96 Å². The van der Waals surface area contributed by atoms with E-state index in [9.17, 15) is 0 Å². The second kappa shape index (κ2) is 8.49. The largest absolute Gasteiger partial charge is 0.379 e. The maximum absolute atomic E-state index is 5.48. The Labute approximate surface area is 145 Å². The fourth-order valence-electron chi connectivity index (χ4n) is 3.46. The van der Waals surface area contributed by atoms with Crippen molar-refractivity contribution < 1.29 is 4.74 Å². The molecule has 1 atom stereocenters. The number of benzene rings is 1. The summed E-state index contributed by atoms with van der Waals surface area (Å²) in [5, 5.41) is 3.46. The Bertz CT molecular complexity index is 537. The molecule has 0 radical (unpaired) electrons. The van der Waals surface area contributed by atoms with E-state index in [1.807, 2.05) is 0 Å². The predicted octanol–water partition coefficient (Wildman–Crippen LogP) is 1.87. The smallest absolute Gasteiger partial charge is 0.194 e. The number of likely N-dealkylation sites (tertiary alicyclic amines) is 1. The van der Waals surface area contributed by atoms with Gasteiger partial charge in [-0.15, -0.1) is 0 Å². The number of nitrogens with one attached hydrogen (secondary N) is 1. The van der Waals surface area contributed by atoms with Gasteiger partial charge in [-0.2, -0.15) is 0 Å². The van der Waals surface area contributed by atoms with Crippen molar-refractivity contribution in [1.29, 1.82) is 0 Å². The van der Waals surface area contributed by atoms with Crippen LogP contribution in [0.1, 0.15) is 24.5 Å². The Balaban J connectivity index is 1.60. The van der Waals surface area contributed by atoms with E-state index in [0.717, 1.165) is 58.4 Å². The highest BCUT2D eigenvalue weighted by atomic mass is 16.5. The first-order chi connectivity index (χ1) is 11.8. The fraction of sp³-hybridized carbons (Fsp3) is 0.632. The first kappa shape index (κ1) is 17.2. The Kier molecular flexibility index (Phi) is 6.10. The van der Waals surface area contributed by atoms with Crippen LogP contribution >= 0.6 is 0 Å². The number of morpholine rings is 1. The van der Waals surface area contributed by atoms with Crippen molar-refractivity contribution in [2.45, 2.75) is 32.9 Å². The molecule has 2 heterocycles. The maximum Gasteiger partial charge on any atom is 0.194 e. The van der Waals surface area contributed by atoms with Gasteiger partial charge in [0, 0.05) is 38.8 Å². The molecule has 0 saturated carbocycles. The molecule has 0 spiro atoms. The average molecular weight is 330 g/mol. The van der Waals surface area contributed by atoms with Gasteiger partial charge in [-0.1, -0.05) is 29.8 Å². The van der Waals surface area contributed by atoms with Gasteiger partial charge in [0.25, 0.3) is 0 Å². The lowest BCUT2D eigenvalue weighted by molar-refractivity contribution is 0.0195. The SMILES string of the molecule is CCNC(=NCc1ccc(C)cc1)N1CCC(N2CCOCC2)C1. The molecular formula is C19H30N4O. The van der Waals surface area contributed by atoms with Crippen molar-refractivity contribution in [3.63, 3.8) is 0 Å². The molecular weight excluding hydrogens is 300 g/mol. The van der Waals surface area contributed by atoms with Gasteiger partial charge in [-0.3, -0.25) is 4.90 Å². The molecule has 0 amide bonds. The summed E-state index contributed by atoms with van der Waals surface area (Å²) in [5.74, 6) is 1.05. The second-order valence-electron chi connectivity index (χ2n) is 6.69. The molecule has 3 rings (SSSR count). The fourth-order valence-corrected chi connectivity index (χ4v) is 3.46. The lowest BCUT2D eigenvalue weighted by atomic mass is 10.1. The van der Waals surface area contributed by atoms with E-state index in [1.165, 1.54) is 17.5 Å². The Hall–Kier alpha value is -1.59. The van der Waals surface area contributed by atoms with Crippen LogP contribution in [0.15, 0.2) is 29.3 Å². The molecule has 2 saturated heterocycles. The molecule has 24 heavy (non-hydrogen) atoms. The van der Waals surface area contributed by atoms with Crippen LogP contribution in [0, 0.1) is 6.92 Å². The van der Waals surface area contributed by atoms with Crippen LogP contribution in [0.4, 0.5) is 0 Å². The van der Waals surface area contributed by atoms with Crippen molar-refractivity contribution in [3.05, 3.63) is 35.4 Å². The number of aliphatic imine (C=N–C) groups is 1. The first-order valence-corrected chi connectivity index (χ1v) is 9.17. The van der Waals surface area contributed by atoms with Crippen molar-refractivity contribution in [3.8, 4) is 0 Å². The summed E-state index contributed by atoms with van der Waals surface area (Å²) >= 11 is 0. The van der Waals surface area contributed by atoms with Gasteiger partial charge in [0.15, 0.2) is 5.96 Å². The standard InChI is InChI=1S/C19H30N4O/c1-3-20-19(21-14-17-6-4-16(2)5-7-17)23-9-8-18(15-23)22-10-12-24-13-11-22/h4-7,18H,3,8-15H2,1-2H3,(H,20,21). The van der Waals surface area contributed by atoms with Gasteiger partial charge in [0.2, 0.25) is 0 Å². The molecule has 132 valence electrons. The minimum Gasteiger partial charge on any atom is -0.379 e. The molecule has 2 aliphatic rings. The predicted molar refractivity (Wildman–Crippen MR) is 98.4 cm³/mol. The monoisotopic (exact) mass is 330 g/mol. The molecule has 1 aromatic rings. The van der Waals surface area contributed by atoms with Gasteiger partial charge in [0.05, 0.1) is 19.8 Å². The molecule has 2 aliphatic heterocycles. The van der Waals surface area contributed by atoms with Crippen molar-refractivity contribution in [1.82, 2.24) is 15.1 Å². The summed E-state index contributed by atoms with van der Waals surface area (Å²) in [7, 11) is 0. The highest BCUT2D eigenvalue weighted by Crippen LogP contribution is 2.17. The maximum atomic E-state index is 5.48. The van der Waals surface area contributed by atoms with Crippen LogP contribution < -0.4 is 5.32 Å². The molecule has 1 aromatic carbocycles. The second-order valence-corrected chi connectivity index (χ2v) is 6.69. The van der Waals surface area contributed by atoms with E-state index in [2.05, 4.69) is 53.2 Å². The van der Waals surface area contributed by atoms with E-state index in [-0.39, 0.29) is 0 Å². The summed E-state index contributed by atoms with van der Waals surface area (Å²) in [5.41, 5.74) is 2.56. The highest BCUT2D eigenvalue weighted by molar-refractivity contribution is 5.80. The summed E-state index contributed by atoms with van der Waals surface area (Å²) in [4.78, 5) is 9.85. The lowest BCUT2D eigenvalue weighted by Crippen LogP contribution is -2.46. The first-order valence-electron chi connectivity index (χ1n) is 9.17. The highest BCUT2D eigenvalue weighted by Gasteiger charge is 2.30. The zero-order chi connectivity index (χ0) is 16.8. The molecule has 0 bridgehead atoms. The molecule has 1 unspecified atom stereocenters. The minimum absolute atomic E-state index is 0.636. The lowest BCUT2D eigenvalue weighted by Gasteiger charge is -2.32. The van der Waals surface area contributed by atoms with E-state index >= 15 is 0 Å². The molecule has 2 fully saturated rings. The summed E-state index contributed by atoms with van der Waals surface area (Å²) in [6.07, 6.45) is 1.22. The summed E-state index contributed by atoms with van der Waals surface area (Å²) in [6.45, 7) is 11.9. The van der Waals surface area contributed by atoms with Crippen LogP contribution in [-0.2, 0) is 11.3 Å². The van der Waals surface area contributed by atoms with Gasteiger partial charge >= 0.3 is 0 Å². The van der Waals surface area contributed by atoms with E-state index in [0.29, 0.717) is 6.04 Å². The Morgan fingerprint density at radius 1 is 1.21 bits per heavy atom. The van der Waals surface area contributed by atoms with Gasteiger partial charge < -0.3 is 15.0 Å². The van der Waals surface area contributed by atoms with E-state index in [1.54, 1.807) is 0 Å². The average Bonchev–Trinajstić information content (AvgIpc) is 3.11. The molecule has 1 N–H and O–H groups in total.